The van der Waals surface area contributed by atoms with Gasteiger partial charge in [-0.1, -0.05) is 43.7 Å². The molecule has 0 heterocycles. The molecule has 1 aromatic carbocycles. The number of carbonyl (C=O) groups is 2. The van der Waals surface area contributed by atoms with Crippen molar-refractivity contribution in [1.82, 2.24) is 10.6 Å². The molecule has 21 heavy (non-hydrogen) atoms. The number of aryl methyl sites for hydroxylation is 1. The second-order valence-electron chi connectivity index (χ2n) is 5.10. The SMILES string of the molecule is CCC(CNC(=O)NCCCc1ccccc1)CC(=O)O. The van der Waals surface area contributed by atoms with Crippen LogP contribution in [0.2, 0.25) is 0 Å². The molecule has 1 unspecified atom stereocenters. The molecule has 5 nitrogen and oxygen atoms in total. The standard InChI is InChI=1S/C16H24N2O3/c1-2-13(11-15(19)20)12-18-16(21)17-10-6-9-14-7-4-3-5-8-14/h3-5,7-8,13H,2,6,9-12H2,1H3,(H,19,20)(H2,17,18,21). The number of benzene rings is 1. The van der Waals surface area contributed by atoms with Crippen LogP contribution in [-0.4, -0.2) is 30.2 Å². The number of hydrogen-bond donors (Lipinski definition) is 3. The monoisotopic (exact) mass is 292 g/mol. The zero-order valence-electron chi connectivity index (χ0n) is 12.5. The maximum Gasteiger partial charge on any atom is 0.314 e. The number of hydrogen-bond acceptors (Lipinski definition) is 2. The Labute approximate surface area is 125 Å². The van der Waals surface area contributed by atoms with Gasteiger partial charge >= 0.3 is 12.0 Å². The molecule has 1 aromatic rings. The van der Waals surface area contributed by atoms with E-state index in [-0.39, 0.29) is 18.4 Å². The van der Waals surface area contributed by atoms with Gasteiger partial charge in [0.15, 0.2) is 0 Å². The number of aliphatic carboxylic acids is 1. The van der Waals surface area contributed by atoms with E-state index in [2.05, 4.69) is 22.8 Å². The summed E-state index contributed by atoms with van der Waals surface area (Å²) in [7, 11) is 0. The molecule has 5 heteroatoms. The second-order valence-corrected chi connectivity index (χ2v) is 5.10. The number of carbonyl (C=O) groups excluding carboxylic acids is 1. The molecule has 2 amide bonds. The Kier molecular flexibility index (Phi) is 7.94. The highest BCUT2D eigenvalue weighted by molar-refractivity contribution is 5.74. The fraction of sp³-hybridized carbons (Fsp3) is 0.500. The minimum Gasteiger partial charge on any atom is -0.481 e. The van der Waals surface area contributed by atoms with Crippen molar-refractivity contribution in [2.24, 2.45) is 5.92 Å². The Morgan fingerprint density at radius 1 is 1.19 bits per heavy atom. The molecule has 0 spiro atoms. The number of urea groups is 1. The molecule has 3 N–H and O–H groups in total. The van der Waals surface area contributed by atoms with Crippen LogP contribution in [0.1, 0.15) is 31.7 Å². The Hall–Kier alpha value is -2.04. The summed E-state index contributed by atoms with van der Waals surface area (Å²) >= 11 is 0. The molecule has 1 atom stereocenters. The summed E-state index contributed by atoms with van der Waals surface area (Å²) in [4.78, 5) is 22.2. The third kappa shape index (κ3) is 7.97. The van der Waals surface area contributed by atoms with Crippen molar-refractivity contribution in [1.29, 1.82) is 0 Å². The lowest BCUT2D eigenvalue weighted by Crippen LogP contribution is -2.39. The normalized spacial score (nSPS) is 11.7. The first-order chi connectivity index (χ1) is 10.1. The fourth-order valence-electron chi connectivity index (χ4n) is 2.05. The topological polar surface area (TPSA) is 78.4 Å². The molecule has 0 aliphatic rings. The third-order valence-corrected chi connectivity index (χ3v) is 3.36. The van der Waals surface area contributed by atoms with Crippen molar-refractivity contribution in [2.75, 3.05) is 13.1 Å². The molecule has 0 bridgehead atoms. The highest BCUT2D eigenvalue weighted by atomic mass is 16.4. The molecular formula is C16H24N2O3. The number of carboxylic acid groups (broad SMARTS) is 1. The summed E-state index contributed by atoms with van der Waals surface area (Å²) in [5, 5.41) is 14.2. The average Bonchev–Trinajstić information content (AvgIpc) is 2.48. The summed E-state index contributed by atoms with van der Waals surface area (Å²) in [5.41, 5.74) is 1.26. The Morgan fingerprint density at radius 3 is 2.52 bits per heavy atom. The van der Waals surface area contributed by atoms with Crippen LogP contribution >= 0.6 is 0 Å². The zero-order valence-corrected chi connectivity index (χ0v) is 12.5. The van der Waals surface area contributed by atoms with Crippen molar-refractivity contribution in [2.45, 2.75) is 32.6 Å². The van der Waals surface area contributed by atoms with Crippen LogP contribution in [0.3, 0.4) is 0 Å². The van der Waals surface area contributed by atoms with E-state index < -0.39 is 5.97 Å². The van der Waals surface area contributed by atoms with Crippen LogP contribution in [0.15, 0.2) is 30.3 Å². The van der Waals surface area contributed by atoms with E-state index in [0.29, 0.717) is 13.1 Å². The van der Waals surface area contributed by atoms with Crippen LogP contribution in [0.4, 0.5) is 4.79 Å². The van der Waals surface area contributed by atoms with Gasteiger partial charge in [-0.3, -0.25) is 4.79 Å². The van der Waals surface area contributed by atoms with E-state index in [9.17, 15) is 9.59 Å². The molecule has 0 saturated carbocycles. The summed E-state index contributed by atoms with van der Waals surface area (Å²) in [6, 6.07) is 9.89. The number of amides is 2. The van der Waals surface area contributed by atoms with Crippen molar-refractivity contribution >= 4 is 12.0 Å². The molecule has 0 aromatic heterocycles. The van der Waals surface area contributed by atoms with Crippen LogP contribution < -0.4 is 10.6 Å². The quantitative estimate of drug-likeness (QED) is 0.612. The number of nitrogens with one attached hydrogen (secondary N) is 2. The predicted molar refractivity (Wildman–Crippen MR) is 82.2 cm³/mol. The first-order valence-electron chi connectivity index (χ1n) is 7.39. The summed E-state index contributed by atoms with van der Waals surface area (Å²) in [6.07, 6.45) is 2.63. The highest BCUT2D eigenvalue weighted by Crippen LogP contribution is 2.06. The van der Waals surface area contributed by atoms with Gasteiger partial charge in [-0.15, -0.1) is 0 Å². The predicted octanol–water partition coefficient (Wildman–Crippen LogP) is 2.42. The van der Waals surface area contributed by atoms with E-state index >= 15 is 0 Å². The van der Waals surface area contributed by atoms with Crippen molar-refractivity contribution < 1.29 is 14.7 Å². The second kappa shape index (κ2) is 9.80. The molecule has 0 radical (unpaired) electrons. The summed E-state index contributed by atoms with van der Waals surface area (Å²) < 4.78 is 0. The van der Waals surface area contributed by atoms with Gasteiger partial charge in [-0.2, -0.15) is 0 Å². The lowest BCUT2D eigenvalue weighted by molar-refractivity contribution is -0.138. The molecule has 0 fully saturated rings. The average molecular weight is 292 g/mol. The van der Waals surface area contributed by atoms with Gasteiger partial charge in [0.25, 0.3) is 0 Å². The molecule has 1 rings (SSSR count). The van der Waals surface area contributed by atoms with Crippen LogP contribution in [0, 0.1) is 5.92 Å². The molecule has 0 saturated heterocycles. The largest absolute Gasteiger partial charge is 0.481 e. The Morgan fingerprint density at radius 2 is 1.90 bits per heavy atom. The minimum atomic E-state index is -0.827. The van der Waals surface area contributed by atoms with Crippen molar-refractivity contribution in [3.05, 3.63) is 35.9 Å². The Bertz CT molecular complexity index is 434. The van der Waals surface area contributed by atoms with E-state index in [1.165, 1.54) is 5.56 Å². The smallest absolute Gasteiger partial charge is 0.314 e. The summed E-state index contributed by atoms with van der Waals surface area (Å²) in [6.45, 7) is 2.93. The van der Waals surface area contributed by atoms with Gasteiger partial charge in [0.1, 0.15) is 0 Å². The van der Waals surface area contributed by atoms with E-state index in [0.717, 1.165) is 19.3 Å². The van der Waals surface area contributed by atoms with Crippen molar-refractivity contribution in [3.63, 3.8) is 0 Å². The highest BCUT2D eigenvalue weighted by Gasteiger charge is 2.12. The summed E-state index contributed by atoms with van der Waals surface area (Å²) in [5.74, 6) is -0.843. The first kappa shape index (κ1) is 17.0. The maximum atomic E-state index is 11.6. The molecule has 0 aliphatic carbocycles. The van der Waals surface area contributed by atoms with Gasteiger partial charge in [0, 0.05) is 19.5 Å². The number of rotatable bonds is 9. The van der Waals surface area contributed by atoms with Gasteiger partial charge in [0.05, 0.1) is 0 Å². The van der Waals surface area contributed by atoms with Crippen LogP contribution in [0.5, 0.6) is 0 Å². The van der Waals surface area contributed by atoms with E-state index in [1.807, 2.05) is 25.1 Å². The molecule has 116 valence electrons. The lowest BCUT2D eigenvalue weighted by Gasteiger charge is -2.14. The minimum absolute atomic E-state index is 0.0161. The molecule has 0 aliphatic heterocycles. The third-order valence-electron chi connectivity index (χ3n) is 3.36. The first-order valence-corrected chi connectivity index (χ1v) is 7.39. The van der Waals surface area contributed by atoms with Gasteiger partial charge in [-0.25, -0.2) is 4.79 Å². The van der Waals surface area contributed by atoms with E-state index in [1.54, 1.807) is 0 Å². The maximum absolute atomic E-state index is 11.6. The van der Waals surface area contributed by atoms with Gasteiger partial charge in [-0.05, 0) is 24.3 Å². The lowest BCUT2D eigenvalue weighted by atomic mass is 10.0. The zero-order chi connectivity index (χ0) is 15.5. The van der Waals surface area contributed by atoms with Gasteiger partial charge in [0.2, 0.25) is 0 Å². The molecular weight excluding hydrogens is 268 g/mol. The van der Waals surface area contributed by atoms with Crippen LogP contribution in [0.25, 0.3) is 0 Å². The van der Waals surface area contributed by atoms with Crippen molar-refractivity contribution in [3.8, 4) is 0 Å². The van der Waals surface area contributed by atoms with Crippen LogP contribution in [-0.2, 0) is 11.2 Å². The van der Waals surface area contributed by atoms with Gasteiger partial charge < -0.3 is 15.7 Å². The number of carboxylic acids is 1. The Balaban J connectivity index is 2.12. The van der Waals surface area contributed by atoms with E-state index in [4.69, 9.17) is 5.11 Å². The fourth-order valence-corrected chi connectivity index (χ4v) is 2.05.